The van der Waals surface area contributed by atoms with Crippen LogP contribution in [0.25, 0.3) is 0 Å². The summed E-state index contributed by atoms with van der Waals surface area (Å²) in [5, 5.41) is 0. The zero-order valence-corrected chi connectivity index (χ0v) is 13.7. The first-order valence-corrected chi connectivity index (χ1v) is 7.90. The van der Waals surface area contributed by atoms with Crippen molar-refractivity contribution in [3.05, 3.63) is 0 Å². The van der Waals surface area contributed by atoms with Gasteiger partial charge in [-0.15, -0.1) is 24.0 Å². The summed E-state index contributed by atoms with van der Waals surface area (Å²) in [4.78, 5) is 5.74. The van der Waals surface area contributed by atoms with Gasteiger partial charge in [0.15, 0.2) is 0 Å². The third kappa shape index (κ3) is 2.24. The van der Waals surface area contributed by atoms with Crippen LogP contribution in [0, 0.1) is 11.8 Å². The lowest BCUT2D eigenvalue weighted by atomic mass is 9.71. The van der Waals surface area contributed by atoms with Crippen molar-refractivity contribution in [2.24, 2.45) is 11.8 Å². The van der Waals surface area contributed by atoms with Crippen LogP contribution < -0.4 is 0 Å². The van der Waals surface area contributed by atoms with E-state index in [4.69, 9.17) is 0 Å². The lowest BCUT2D eigenvalue weighted by Crippen LogP contribution is -2.63. The Kier molecular flexibility index (Phi) is 4.21. The molecule has 4 rings (SSSR count). The van der Waals surface area contributed by atoms with Gasteiger partial charge in [-0.05, 0) is 57.0 Å². The van der Waals surface area contributed by atoms with Crippen LogP contribution in [0.2, 0.25) is 0 Å². The number of halogens is 1. The number of hydrogen-bond donors (Lipinski definition) is 0. The smallest absolute Gasteiger partial charge is 0.0136 e. The number of piperidine rings is 4. The van der Waals surface area contributed by atoms with Gasteiger partial charge in [-0.1, -0.05) is 12.8 Å². The second kappa shape index (κ2) is 5.57. The minimum Gasteiger partial charge on any atom is -0.300 e. The molecule has 4 heterocycles. The Morgan fingerprint density at radius 3 is 1.67 bits per heavy atom. The van der Waals surface area contributed by atoms with Gasteiger partial charge in [-0.2, -0.15) is 0 Å². The SMILES string of the molecule is C1CCN2C[C@H]3C[C@H](CN4CCCCC34)C2C1.I. The van der Waals surface area contributed by atoms with Crippen molar-refractivity contribution in [2.75, 3.05) is 26.2 Å². The molecule has 2 bridgehead atoms. The first kappa shape index (κ1) is 13.6. The van der Waals surface area contributed by atoms with Crippen molar-refractivity contribution in [3.63, 3.8) is 0 Å². The van der Waals surface area contributed by atoms with E-state index in [0.29, 0.717) is 0 Å². The number of nitrogens with zero attached hydrogens (tertiary/aromatic N) is 2. The molecule has 4 aliphatic heterocycles. The van der Waals surface area contributed by atoms with Gasteiger partial charge in [0.25, 0.3) is 0 Å². The van der Waals surface area contributed by atoms with E-state index in [9.17, 15) is 0 Å². The van der Waals surface area contributed by atoms with Crippen LogP contribution in [0.5, 0.6) is 0 Å². The van der Waals surface area contributed by atoms with Gasteiger partial charge in [0.2, 0.25) is 0 Å². The van der Waals surface area contributed by atoms with Gasteiger partial charge in [0.05, 0.1) is 0 Å². The fourth-order valence-electron chi connectivity index (χ4n) is 5.25. The lowest BCUT2D eigenvalue weighted by molar-refractivity contribution is -0.0718. The van der Waals surface area contributed by atoms with E-state index in [0.717, 1.165) is 23.9 Å². The van der Waals surface area contributed by atoms with Crippen molar-refractivity contribution in [2.45, 2.75) is 57.0 Å². The van der Waals surface area contributed by atoms with Gasteiger partial charge >= 0.3 is 0 Å². The molecule has 4 fully saturated rings. The Morgan fingerprint density at radius 1 is 0.667 bits per heavy atom. The molecule has 0 aromatic rings. The molecule has 0 aromatic heterocycles. The van der Waals surface area contributed by atoms with Crippen LogP contribution in [0.4, 0.5) is 0 Å². The highest BCUT2D eigenvalue weighted by atomic mass is 127. The Hall–Kier alpha value is 0.650. The molecule has 0 saturated carbocycles. The second-order valence-electron chi connectivity index (χ2n) is 6.87. The fourth-order valence-corrected chi connectivity index (χ4v) is 5.25. The maximum atomic E-state index is 2.87. The molecule has 4 atom stereocenters. The van der Waals surface area contributed by atoms with Crippen molar-refractivity contribution in [1.82, 2.24) is 9.80 Å². The standard InChI is InChI=1S/C15H26N2.HI/c1-3-7-16-11-13-9-12(14(16)5-1)10-17-8-4-2-6-15(13)17;/h12-15H,1-11H2;1H/t12-,13-,14?,15?;/m1./s1. The quantitative estimate of drug-likeness (QED) is 0.612. The molecule has 4 aliphatic rings. The third-order valence-electron chi connectivity index (χ3n) is 5.96. The maximum absolute atomic E-state index is 2.87. The Labute approximate surface area is 128 Å². The molecule has 0 aromatic carbocycles. The Morgan fingerprint density at radius 2 is 1.17 bits per heavy atom. The molecule has 0 spiro atoms. The molecule has 0 amide bonds. The highest BCUT2D eigenvalue weighted by molar-refractivity contribution is 14.0. The molecule has 0 aliphatic carbocycles. The molecule has 4 saturated heterocycles. The van der Waals surface area contributed by atoms with E-state index in [1.54, 1.807) is 6.42 Å². The molecule has 2 nitrogen and oxygen atoms in total. The average Bonchev–Trinajstić information content (AvgIpc) is 2.39. The van der Waals surface area contributed by atoms with Crippen LogP contribution in [0.3, 0.4) is 0 Å². The van der Waals surface area contributed by atoms with E-state index in [2.05, 4.69) is 9.80 Å². The largest absolute Gasteiger partial charge is 0.300 e. The summed E-state index contributed by atoms with van der Waals surface area (Å²) < 4.78 is 0. The van der Waals surface area contributed by atoms with Gasteiger partial charge < -0.3 is 0 Å². The number of fused-ring (bicyclic) bond motifs is 6. The van der Waals surface area contributed by atoms with E-state index < -0.39 is 0 Å². The summed E-state index contributed by atoms with van der Waals surface area (Å²) >= 11 is 0. The van der Waals surface area contributed by atoms with Crippen LogP contribution in [-0.2, 0) is 0 Å². The molecular formula is C15H27IN2. The summed E-state index contributed by atoms with van der Waals surface area (Å²) in [6.45, 7) is 5.68. The molecule has 104 valence electrons. The van der Waals surface area contributed by atoms with E-state index in [1.807, 2.05) is 0 Å². The third-order valence-corrected chi connectivity index (χ3v) is 5.96. The summed E-state index contributed by atoms with van der Waals surface area (Å²) in [7, 11) is 0. The van der Waals surface area contributed by atoms with Crippen molar-refractivity contribution in [3.8, 4) is 0 Å². The van der Waals surface area contributed by atoms with Crippen molar-refractivity contribution < 1.29 is 0 Å². The number of hydrogen-bond acceptors (Lipinski definition) is 2. The first-order chi connectivity index (χ1) is 8.42. The molecule has 0 radical (unpaired) electrons. The molecule has 3 heteroatoms. The van der Waals surface area contributed by atoms with Gasteiger partial charge in [-0.3, -0.25) is 9.80 Å². The molecule has 18 heavy (non-hydrogen) atoms. The predicted molar refractivity (Wildman–Crippen MR) is 85.4 cm³/mol. The van der Waals surface area contributed by atoms with Crippen LogP contribution >= 0.6 is 24.0 Å². The van der Waals surface area contributed by atoms with E-state index in [-0.39, 0.29) is 24.0 Å². The van der Waals surface area contributed by atoms with E-state index >= 15 is 0 Å². The lowest BCUT2D eigenvalue weighted by Gasteiger charge is -2.57. The van der Waals surface area contributed by atoms with Crippen molar-refractivity contribution >= 4 is 24.0 Å². The topological polar surface area (TPSA) is 6.48 Å². The van der Waals surface area contributed by atoms with Crippen LogP contribution in [-0.4, -0.2) is 48.1 Å². The monoisotopic (exact) mass is 362 g/mol. The first-order valence-electron chi connectivity index (χ1n) is 7.90. The molecule has 0 N–H and O–H groups in total. The van der Waals surface area contributed by atoms with Gasteiger partial charge in [-0.25, -0.2) is 0 Å². The summed E-state index contributed by atoms with van der Waals surface area (Å²) in [6, 6.07) is 1.92. The zero-order chi connectivity index (χ0) is 11.2. The molecular weight excluding hydrogens is 335 g/mol. The van der Waals surface area contributed by atoms with Crippen LogP contribution in [0.1, 0.15) is 44.9 Å². The summed E-state index contributed by atoms with van der Waals surface area (Å²) in [5.74, 6) is 2.03. The second-order valence-corrected chi connectivity index (χ2v) is 6.87. The highest BCUT2D eigenvalue weighted by Gasteiger charge is 2.46. The van der Waals surface area contributed by atoms with Gasteiger partial charge in [0, 0.05) is 25.2 Å². The molecule has 2 unspecified atom stereocenters. The maximum Gasteiger partial charge on any atom is 0.0136 e. The van der Waals surface area contributed by atoms with Crippen molar-refractivity contribution in [1.29, 1.82) is 0 Å². The average molecular weight is 362 g/mol. The summed E-state index contributed by atoms with van der Waals surface area (Å²) in [5.41, 5.74) is 0. The Bertz CT molecular complexity index is 268. The predicted octanol–water partition coefficient (Wildman–Crippen LogP) is 2.96. The number of rotatable bonds is 0. The minimum absolute atomic E-state index is 0. The van der Waals surface area contributed by atoms with Crippen LogP contribution in [0.15, 0.2) is 0 Å². The zero-order valence-electron chi connectivity index (χ0n) is 11.4. The Balaban J connectivity index is 0.000001000. The highest BCUT2D eigenvalue weighted by Crippen LogP contribution is 2.42. The van der Waals surface area contributed by atoms with E-state index in [1.165, 1.54) is 64.7 Å². The summed E-state index contributed by atoms with van der Waals surface area (Å²) in [6.07, 6.45) is 10.5. The normalized spacial score (nSPS) is 44.7. The van der Waals surface area contributed by atoms with Gasteiger partial charge in [0.1, 0.15) is 0 Å². The fraction of sp³-hybridized carbons (Fsp3) is 1.00. The minimum atomic E-state index is 0.